The van der Waals surface area contributed by atoms with E-state index in [0.717, 1.165) is 31.2 Å². The third kappa shape index (κ3) is 9.13. The fourth-order valence-corrected chi connectivity index (χ4v) is 5.64. The number of nitrogens with one attached hydrogen (secondary N) is 2. The number of piperidine rings is 1. The number of hydrogen-bond donors (Lipinski definition) is 3. The lowest BCUT2D eigenvalue weighted by Crippen LogP contribution is -2.53. The first kappa shape index (κ1) is 31.2. The monoisotopic (exact) mass is 558 g/mol. The zero-order valence-corrected chi connectivity index (χ0v) is 24.4. The topological polar surface area (TPSA) is 128 Å². The van der Waals surface area contributed by atoms with E-state index in [1.54, 1.807) is 24.0 Å². The number of urea groups is 1. The SMILES string of the molecule is CCOC(=O)N1CCC(NC(=O)N(Cc2ccc(C(=O)NCCC(=O)O)cc2)[C@H]2CC[C@H](C(C)(C)C)CC2)CC1. The zero-order valence-electron chi connectivity index (χ0n) is 24.4. The van der Waals surface area contributed by atoms with Gasteiger partial charge in [0.15, 0.2) is 0 Å². The summed E-state index contributed by atoms with van der Waals surface area (Å²) in [7, 11) is 0. The van der Waals surface area contributed by atoms with Crippen LogP contribution in [0.5, 0.6) is 0 Å². The molecule has 3 rings (SSSR count). The van der Waals surface area contributed by atoms with Crippen molar-refractivity contribution in [2.45, 2.75) is 91.3 Å². The summed E-state index contributed by atoms with van der Waals surface area (Å²) in [6, 6.07) is 7.15. The number of ether oxygens (including phenoxy) is 1. The van der Waals surface area contributed by atoms with Gasteiger partial charge in [-0.1, -0.05) is 32.9 Å². The summed E-state index contributed by atoms with van der Waals surface area (Å²) in [6.45, 7) is 10.6. The summed E-state index contributed by atoms with van der Waals surface area (Å²) >= 11 is 0. The minimum atomic E-state index is -0.963. The molecule has 2 fully saturated rings. The van der Waals surface area contributed by atoms with Crippen molar-refractivity contribution in [3.63, 3.8) is 0 Å². The number of aliphatic carboxylic acids is 1. The van der Waals surface area contributed by atoms with Gasteiger partial charge in [-0.2, -0.15) is 0 Å². The first-order valence-corrected chi connectivity index (χ1v) is 14.6. The lowest BCUT2D eigenvalue weighted by molar-refractivity contribution is -0.136. The zero-order chi connectivity index (χ0) is 29.3. The van der Waals surface area contributed by atoms with Gasteiger partial charge >= 0.3 is 18.1 Å². The smallest absolute Gasteiger partial charge is 0.409 e. The highest BCUT2D eigenvalue weighted by molar-refractivity contribution is 5.94. The molecule has 1 saturated carbocycles. The van der Waals surface area contributed by atoms with E-state index in [1.165, 1.54) is 0 Å². The van der Waals surface area contributed by atoms with Gasteiger partial charge in [-0.3, -0.25) is 9.59 Å². The molecule has 0 radical (unpaired) electrons. The van der Waals surface area contributed by atoms with E-state index in [2.05, 4.69) is 31.4 Å². The number of carbonyl (C=O) groups is 4. The van der Waals surface area contributed by atoms with Crippen LogP contribution in [0, 0.1) is 11.3 Å². The molecule has 3 N–H and O–H groups in total. The second-order valence-electron chi connectivity index (χ2n) is 12.0. The largest absolute Gasteiger partial charge is 0.481 e. The molecule has 10 nitrogen and oxygen atoms in total. The van der Waals surface area contributed by atoms with Crippen molar-refractivity contribution in [1.29, 1.82) is 0 Å². The predicted octanol–water partition coefficient (Wildman–Crippen LogP) is 4.63. The van der Waals surface area contributed by atoms with Crippen LogP contribution in [0.4, 0.5) is 9.59 Å². The Balaban J connectivity index is 1.65. The van der Waals surface area contributed by atoms with E-state index < -0.39 is 5.97 Å². The lowest BCUT2D eigenvalue weighted by atomic mass is 9.71. The Labute approximate surface area is 237 Å². The minimum Gasteiger partial charge on any atom is -0.481 e. The number of carboxylic acid groups (broad SMARTS) is 1. The normalized spacial score (nSPS) is 19.9. The number of carbonyl (C=O) groups excluding carboxylic acids is 3. The maximum atomic E-state index is 13.7. The van der Waals surface area contributed by atoms with Crippen LogP contribution in [0.2, 0.25) is 0 Å². The molecule has 40 heavy (non-hydrogen) atoms. The maximum absolute atomic E-state index is 13.7. The molecule has 0 unspecified atom stereocenters. The minimum absolute atomic E-state index is 0.0107. The highest BCUT2D eigenvalue weighted by Crippen LogP contribution is 2.39. The van der Waals surface area contributed by atoms with Crippen molar-refractivity contribution in [1.82, 2.24) is 20.4 Å². The molecule has 1 aliphatic carbocycles. The third-order valence-electron chi connectivity index (χ3n) is 8.17. The number of rotatable bonds is 9. The van der Waals surface area contributed by atoms with Crippen molar-refractivity contribution in [2.75, 3.05) is 26.2 Å². The van der Waals surface area contributed by atoms with E-state index >= 15 is 0 Å². The van der Waals surface area contributed by atoms with Gasteiger partial charge in [0.1, 0.15) is 0 Å². The Morgan fingerprint density at radius 2 is 1.62 bits per heavy atom. The Morgan fingerprint density at radius 1 is 1.00 bits per heavy atom. The van der Waals surface area contributed by atoms with Gasteiger partial charge in [0.2, 0.25) is 0 Å². The summed E-state index contributed by atoms with van der Waals surface area (Å²) in [5, 5.41) is 14.6. The standard InChI is InChI=1S/C30H46N4O6/c1-5-40-29(39)33-18-15-24(16-19-33)32-28(38)34(25-12-10-23(11-13-25)30(2,3)4)20-21-6-8-22(9-7-21)27(37)31-17-14-26(35)36/h6-9,23-25H,5,10-20H2,1-4H3,(H,31,37)(H,32,38)(H,35,36)/t23-,25-. The number of amides is 4. The van der Waals surface area contributed by atoms with Crippen LogP contribution >= 0.6 is 0 Å². The Hall–Kier alpha value is -3.30. The van der Waals surface area contributed by atoms with Crippen LogP contribution in [-0.2, 0) is 16.1 Å². The van der Waals surface area contributed by atoms with Crippen molar-refractivity contribution in [3.05, 3.63) is 35.4 Å². The average Bonchev–Trinajstić information content (AvgIpc) is 2.92. The fourth-order valence-electron chi connectivity index (χ4n) is 5.64. The lowest BCUT2D eigenvalue weighted by Gasteiger charge is -2.42. The molecule has 0 atom stereocenters. The molecule has 10 heteroatoms. The molecule has 1 aliphatic heterocycles. The summed E-state index contributed by atoms with van der Waals surface area (Å²) in [5.41, 5.74) is 1.61. The van der Waals surface area contributed by atoms with Crippen LogP contribution in [0.15, 0.2) is 24.3 Å². The first-order chi connectivity index (χ1) is 19.0. The molecule has 0 aromatic heterocycles. The number of benzene rings is 1. The fraction of sp³-hybridized carbons (Fsp3) is 0.667. The van der Waals surface area contributed by atoms with Gasteiger partial charge in [-0.05, 0) is 74.5 Å². The second kappa shape index (κ2) is 14.4. The van der Waals surface area contributed by atoms with Gasteiger partial charge in [0.05, 0.1) is 13.0 Å². The molecule has 222 valence electrons. The van der Waals surface area contributed by atoms with Gasteiger partial charge in [0.25, 0.3) is 5.91 Å². The molecule has 1 heterocycles. The highest BCUT2D eigenvalue weighted by Gasteiger charge is 2.34. The molecule has 1 aromatic rings. The quantitative estimate of drug-likeness (QED) is 0.406. The first-order valence-electron chi connectivity index (χ1n) is 14.6. The maximum Gasteiger partial charge on any atom is 0.409 e. The van der Waals surface area contributed by atoms with Gasteiger partial charge in [-0.25, -0.2) is 9.59 Å². The van der Waals surface area contributed by atoms with E-state index in [0.29, 0.717) is 50.6 Å². The molecule has 4 amide bonds. The van der Waals surface area contributed by atoms with E-state index in [1.807, 2.05) is 17.0 Å². The average molecular weight is 559 g/mol. The van der Waals surface area contributed by atoms with Crippen LogP contribution in [0.25, 0.3) is 0 Å². The Bertz CT molecular complexity index is 1010. The van der Waals surface area contributed by atoms with E-state index in [9.17, 15) is 19.2 Å². The molecule has 0 bridgehead atoms. The molecular formula is C30H46N4O6. The van der Waals surface area contributed by atoms with Crippen LogP contribution in [0.1, 0.15) is 88.6 Å². The summed E-state index contributed by atoms with van der Waals surface area (Å²) in [4.78, 5) is 52.4. The highest BCUT2D eigenvalue weighted by atomic mass is 16.6. The van der Waals surface area contributed by atoms with Crippen molar-refractivity contribution >= 4 is 24.0 Å². The van der Waals surface area contributed by atoms with Crippen LogP contribution in [-0.4, -0.2) is 77.2 Å². The van der Waals surface area contributed by atoms with Crippen molar-refractivity contribution < 1.29 is 29.0 Å². The number of hydrogen-bond acceptors (Lipinski definition) is 5. The van der Waals surface area contributed by atoms with Crippen molar-refractivity contribution in [2.24, 2.45) is 11.3 Å². The third-order valence-corrected chi connectivity index (χ3v) is 8.17. The van der Waals surface area contributed by atoms with Crippen LogP contribution in [0.3, 0.4) is 0 Å². The predicted molar refractivity (Wildman–Crippen MR) is 152 cm³/mol. The molecule has 0 spiro atoms. The summed E-state index contributed by atoms with van der Waals surface area (Å²) < 4.78 is 5.11. The van der Waals surface area contributed by atoms with Gasteiger partial charge < -0.3 is 30.3 Å². The van der Waals surface area contributed by atoms with Crippen LogP contribution < -0.4 is 10.6 Å². The number of likely N-dealkylation sites (tertiary alicyclic amines) is 1. The number of carboxylic acids is 1. The van der Waals surface area contributed by atoms with E-state index in [-0.39, 0.29) is 48.5 Å². The molecule has 1 saturated heterocycles. The Morgan fingerprint density at radius 3 is 2.17 bits per heavy atom. The summed E-state index contributed by atoms with van der Waals surface area (Å²) in [6.07, 6.45) is 4.97. The second-order valence-corrected chi connectivity index (χ2v) is 12.0. The van der Waals surface area contributed by atoms with Gasteiger partial charge in [0, 0.05) is 43.8 Å². The number of nitrogens with zero attached hydrogens (tertiary/aromatic N) is 2. The molecule has 2 aliphatic rings. The molecule has 1 aromatic carbocycles. The van der Waals surface area contributed by atoms with Crippen molar-refractivity contribution in [3.8, 4) is 0 Å². The summed E-state index contributed by atoms with van der Waals surface area (Å²) in [5.74, 6) is -0.660. The Kier molecular flexibility index (Phi) is 11.2. The molecular weight excluding hydrogens is 512 g/mol. The van der Waals surface area contributed by atoms with E-state index in [4.69, 9.17) is 9.84 Å². The van der Waals surface area contributed by atoms with Gasteiger partial charge in [-0.15, -0.1) is 0 Å².